The van der Waals surface area contributed by atoms with Gasteiger partial charge in [-0.1, -0.05) is 22.4 Å². The smallest absolute Gasteiger partial charge is 0.123 e. The third-order valence-corrected chi connectivity index (χ3v) is 5.14. The molecule has 0 aromatic heterocycles. The van der Waals surface area contributed by atoms with E-state index >= 15 is 0 Å². The van der Waals surface area contributed by atoms with Crippen molar-refractivity contribution in [3.05, 3.63) is 28.2 Å². The molecule has 1 aliphatic carbocycles. The highest BCUT2D eigenvalue weighted by molar-refractivity contribution is 9.10. The minimum Gasteiger partial charge on any atom is -0.496 e. The minimum atomic E-state index is 0. The van der Waals surface area contributed by atoms with Crippen molar-refractivity contribution in [1.82, 2.24) is 10.2 Å². The summed E-state index contributed by atoms with van der Waals surface area (Å²) in [7, 11) is 1.78. The quantitative estimate of drug-likeness (QED) is 0.808. The van der Waals surface area contributed by atoms with Gasteiger partial charge in [0, 0.05) is 42.3 Å². The van der Waals surface area contributed by atoms with Crippen molar-refractivity contribution in [2.75, 3.05) is 33.3 Å². The average Bonchev–Trinajstić information content (AvgIpc) is 2.43. The molecule has 126 valence electrons. The maximum absolute atomic E-state index is 5.63. The van der Waals surface area contributed by atoms with Gasteiger partial charge in [-0.15, -0.1) is 24.8 Å². The van der Waals surface area contributed by atoms with Crippen LogP contribution in [0.15, 0.2) is 22.7 Å². The number of methoxy groups -OCH3 is 1. The maximum atomic E-state index is 5.63. The fourth-order valence-corrected chi connectivity index (χ4v) is 3.78. The zero-order chi connectivity index (χ0) is 13.9. The van der Waals surface area contributed by atoms with Crippen molar-refractivity contribution in [2.24, 2.45) is 5.92 Å². The van der Waals surface area contributed by atoms with E-state index in [4.69, 9.17) is 4.74 Å². The summed E-state index contributed by atoms with van der Waals surface area (Å²) >= 11 is 3.62. The van der Waals surface area contributed by atoms with E-state index in [1.54, 1.807) is 7.11 Å². The highest BCUT2D eigenvalue weighted by Crippen LogP contribution is 2.44. The van der Waals surface area contributed by atoms with Crippen molar-refractivity contribution >= 4 is 40.7 Å². The van der Waals surface area contributed by atoms with Crippen LogP contribution in [-0.2, 0) is 0 Å². The molecule has 6 heteroatoms. The molecule has 1 saturated heterocycles. The molecule has 0 spiro atoms. The van der Waals surface area contributed by atoms with Gasteiger partial charge >= 0.3 is 0 Å². The number of halogens is 3. The normalized spacial score (nSPS) is 20.3. The minimum absolute atomic E-state index is 0. The Morgan fingerprint density at radius 2 is 1.91 bits per heavy atom. The largest absolute Gasteiger partial charge is 0.496 e. The van der Waals surface area contributed by atoms with Gasteiger partial charge in [0.05, 0.1) is 7.11 Å². The number of nitrogens with one attached hydrogen (secondary N) is 1. The van der Waals surface area contributed by atoms with E-state index in [-0.39, 0.29) is 24.8 Å². The second-order valence-electron chi connectivity index (χ2n) is 5.81. The molecule has 1 aromatic carbocycles. The van der Waals surface area contributed by atoms with Crippen molar-refractivity contribution in [2.45, 2.75) is 25.3 Å². The first kappa shape index (κ1) is 20.0. The Balaban J connectivity index is 0.00000121. The summed E-state index contributed by atoms with van der Waals surface area (Å²) in [5.74, 6) is 1.82. The first-order chi connectivity index (χ1) is 9.79. The Morgan fingerprint density at radius 1 is 1.23 bits per heavy atom. The van der Waals surface area contributed by atoms with Gasteiger partial charge in [-0.05, 0) is 37.0 Å². The highest BCUT2D eigenvalue weighted by atomic mass is 79.9. The standard InChI is InChI=1S/C16H23BrN2O.2ClH/c1-20-15-6-5-13(17)11-14(15)16(12-3-2-4-12)19-9-7-18-8-10-19;;/h5-6,11-12,16,18H,2-4,7-10H2,1H3;2*1H/t16-;;/m0../s1. The van der Waals surface area contributed by atoms with Crippen molar-refractivity contribution in [3.63, 3.8) is 0 Å². The molecule has 3 rings (SSSR count). The second kappa shape index (κ2) is 9.33. The zero-order valence-electron chi connectivity index (χ0n) is 12.9. The van der Waals surface area contributed by atoms with Gasteiger partial charge in [-0.2, -0.15) is 0 Å². The molecule has 1 atom stereocenters. The van der Waals surface area contributed by atoms with Crippen LogP contribution in [0, 0.1) is 5.92 Å². The molecule has 22 heavy (non-hydrogen) atoms. The van der Waals surface area contributed by atoms with Crippen molar-refractivity contribution in [3.8, 4) is 5.75 Å². The van der Waals surface area contributed by atoms with Gasteiger partial charge in [-0.3, -0.25) is 4.90 Å². The van der Waals surface area contributed by atoms with Gasteiger partial charge in [0.2, 0.25) is 0 Å². The summed E-state index contributed by atoms with van der Waals surface area (Å²) in [6.07, 6.45) is 4.08. The lowest BCUT2D eigenvalue weighted by molar-refractivity contribution is 0.0818. The summed E-state index contributed by atoms with van der Waals surface area (Å²) in [6, 6.07) is 6.92. The summed E-state index contributed by atoms with van der Waals surface area (Å²) in [5, 5.41) is 3.45. The van der Waals surface area contributed by atoms with Crippen LogP contribution >= 0.6 is 40.7 Å². The predicted molar refractivity (Wildman–Crippen MR) is 99.7 cm³/mol. The summed E-state index contributed by atoms with van der Waals surface area (Å²) in [6.45, 7) is 4.47. The number of ether oxygens (including phenoxy) is 1. The summed E-state index contributed by atoms with van der Waals surface area (Å²) in [4.78, 5) is 2.64. The average molecular weight is 412 g/mol. The number of piperazine rings is 1. The lowest BCUT2D eigenvalue weighted by Gasteiger charge is -2.43. The molecule has 1 aliphatic heterocycles. The molecule has 2 fully saturated rings. The third-order valence-electron chi connectivity index (χ3n) is 4.65. The molecule has 0 amide bonds. The Morgan fingerprint density at radius 3 is 2.45 bits per heavy atom. The molecule has 1 saturated carbocycles. The molecular formula is C16H25BrCl2N2O. The van der Waals surface area contributed by atoms with E-state index in [2.05, 4.69) is 44.3 Å². The van der Waals surface area contributed by atoms with E-state index < -0.39 is 0 Å². The number of benzene rings is 1. The Labute approximate surface area is 154 Å². The van der Waals surface area contributed by atoms with Crippen LogP contribution in [-0.4, -0.2) is 38.2 Å². The summed E-state index contributed by atoms with van der Waals surface area (Å²) < 4.78 is 6.77. The van der Waals surface area contributed by atoms with E-state index in [1.807, 2.05) is 0 Å². The molecule has 3 nitrogen and oxygen atoms in total. The number of rotatable bonds is 4. The van der Waals surface area contributed by atoms with Crippen molar-refractivity contribution < 1.29 is 4.74 Å². The molecule has 1 heterocycles. The zero-order valence-corrected chi connectivity index (χ0v) is 16.1. The van der Waals surface area contributed by atoms with Gasteiger partial charge in [0.1, 0.15) is 5.75 Å². The predicted octanol–water partition coefficient (Wildman–Crippen LogP) is 4.05. The van der Waals surface area contributed by atoms with Crippen LogP contribution < -0.4 is 10.1 Å². The number of nitrogens with zero attached hydrogens (tertiary/aromatic N) is 1. The molecule has 1 aromatic rings. The topological polar surface area (TPSA) is 24.5 Å². The lowest BCUT2D eigenvalue weighted by atomic mass is 9.76. The summed E-state index contributed by atoms with van der Waals surface area (Å²) in [5.41, 5.74) is 1.36. The van der Waals surface area contributed by atoms with Gasteiger partial charge in [0.15, 0.2) is 0 Å². The first-order valence-electron chi connectivity index (χ1n) is 7.58. The Bertz CT molecular complexity index is 465. The van der Waals surface area contributed by atoms with E-state index in [9.17, 15) is 0 Å². The molecule has 1 N–H and O–H groups in total. The fraction of sp³-hybridized carbons (Fsp3) is 0.625. The fourth-order valence-electron chi connectivity index (χ4n) is 3.40. The Kier molecular flexibility index (Phi) is 8.50. The lowest BCUT2D eigenvalue weighted by Crippen LogP contribution is -2.47. The molecule has 2 aliphatic rings. The monoisotopic (exact) mass is 410 g/mol. The van der Waals surface area contributed by atoms with Gasteiger partial charge < -0.3 is 10.1 Å². The SMILES string of the molecule is COc1ccc(Br)cc1[C@H](C1CCC1)N1CCNCC1.Cl.Cl. The first-order valence-corrected chi connectivity index (χ1v) is 8.37. The highest BCUT2D eigenvalue weighted by Gasteiger charge is 2.35. The van der Waals surface area contributed by atoms with Crippen molar-refractivity contribution in [1.29, 1.82) is 0 Å². The van der Waals surface area contributed by atoms with Crippen LogP contribution in [0.2, 0.25) is 0 Å². The van der Waals surface area contributed by atoms with Crippen LogP contribution in [0.1, 0.15) is 30.9 Å². The molecule has 0 radical (unpaired) electrons. The van der Waals surface area contributed by atoms with E-state index in [0.29, 0.717) is 6.04 Å². The Hall–Kier alpha value is -0.000000000000000222. The molecule has 0 unspecified atom stereocenters. The van der Waals surface area contributed by atoms with Gasteiger partial charge in [-0.25, -0.2) is 0 Å². The van der Waals surface area contributed by atoms with E-state index in [1.165, 1.54) is 24.8 Å². The number of hydrogen-bond acceptors (Lipinski definition) is 3. The van der Waals surface area contributed by atoms with Gasteiger partial charge in [0.25, 0.3) is 0 Å². The second-order valence-corrected chi connectivity index (χ2v) is 6.72. The third kappa shape index (κ3) is 4.30. The van der Waals surface area contributed by atoms with Crippen LogP contribution in [0.25, 0.3) is 0 Å². The van der Waals surface area contributed by atoms with Crippen LogP contribution in [0.3, 0.4) is 0 Å². The number of hydrogen-bond donors (Lipinski definition) is 1. The molecular weight excluding hydrogens is 387 g/mol. The maximum Gasteiger partial charge on any atom is 0.123 e. The van der Waals surface area contributed by atoms with E-state index in [0.717, 1.165) is 42.3 Å². The molecule has 0 bridgehead atoms. The van der Waals surface area contributed by atoms with Crippen LogP contribution in [0.5, 0.6) is 5.75 Å². The van der Waals surface area contributed by atoms with Crippen LogP contribution in [0.4, 0.5) is 0 Å².